The molecular formula is C27H19Cl2IN2O7. The lowest BCUT2D eigenvalue weighted by molar-refractivity contribution is -0.122. The maximum absolute atomic E-state index is 13.4. The van der Waals surface area contributed by atoms with Gasteiger partial charge in [0.1, 0.15) is 12.2 Å². The standard InChI is InChI=1S/C27H19Cl2IN2O7/c1-2-36-23-9-14(8-20(30)24(23)37-12-15-3-4-16(28)10-19(15)29)7-18-25(33)31-27(35)32(26(18)34)17-5-6-21-22(11-17)39-13-38-21/h3-11H,2,12-13H2,1H3,(H,31,33,35)/b18-7+. The molecule has 200 valence electrons. The van der Waals surface area contributed by atoms with Crippen molar-refractivity contribution in [2.45, 2.75) is 13.5 Å². The first kappa shape index (κ1) is 27.1. The SMILES string of the molecule is CCOc1cc(/C=C2\C(=O)NC(=O)N(c3ccc4c(c3)OCO4)C2=O)cc(I)c1OCc1ccc(Cl)cc1Cl. The lowest BCUT2D eigenvalue weighted by atomic mass is 10.1. The average Bonchev–Trinajstić information content (AvgIpc) is 3.35. The number of hydrogen-bond donors (Lipinski definition) is 1. The van der Waals surface area contributed by atoms with Crippen molar-refractivity contribution in [1.29, 1.82) is 0 Å². The fourth-order valence-corrected chi connectivity index (χ4v) is 5.19. The topological polar surface area (TPSA) is 103 Å². The van der Waals surface area contributed by atoms with Crippen LogP contribution in [0.4, 0.5) is 10.5 Å². The van der Waals surface area contributed by atoms with Gasteiger partial charge in [0.2, 0.25) is 6.79 Å². The molecule has 1 fully saturated rings. The predicted octanol–water partition coefficient (Wildman–Crippen LogP) is 5.97. The van der Waals surface area contributed by atoms with Crippen molar-refractivity contribution in [2.24, 2.45) is 0 Å². The Kier molecular flexibility index (Phi) is 7.87. The summed E-state index contributed by atoms with van der Waals surface area (Å²) in [5.74, 6) is 0.174. The highest BCUT2D eigenvalue weighted by Crippen LogP contribution is 2.38. The molecule has 3 aromatic rings. The molecule has 0 atom stereocenters. The first-order valence-electron chi connectivity index (χ1n) is 11.6. The van der Waals surface area contributed by atoms with E-state index in [0.29, 0.717) is 48.8 Å². The van der Waals surface area contributed by atoms with Crippen LogP contribution < -0.4 is 29.2 Å². The second kappa shape index (κ2) is 11.3. The fourth-order valence-electron chi connectivity index (χ4n) is 3.95. The summed E-state index contributed by atoms with van der Waals surface area (Å²) < 4.78 is 23.1. The first-order valence-corrected chi connectivity index (χ1v) is 13.4. The van der Waals surface area contributed by atoms with Crippen LogP contribution in [0.2, 0.25) is 10.0 Å². The maximum Gasteiger partial charge on any atom is 0.335 e. The molecule has 0 bridgehead atoms. The number of ether oxygens (including phenoxy) is 4. The Morgan fingerprint density at radius 1 is 1.03 bits per heavy atom. The number of carbonyl (C=O) groups excluding carboxylic acids is 3. The number of halogens is 3. The number of anilines is 1. The third kappa shape index (κ3) is 5.63. The van der Waals surface area contributed by atoms with E-state index in [1.165, 1.54) is 18.2 Å². The lowest BCUT2D eigenvalue weighted by Gasteiger charge is -2.26. The van der Waals surface area contributed by atoms with Gasteiger partial charge in [0.15, 0.2) is 23.0 Å². The van der Waals surface area contributed by atoms with Gasteiger partial charge in [-0.1, -0.05) is 29.3 Å². The molecule has 0 spiro atoms. The monoisotopic (exact) mass is 680 g/mol. The molecule has 9 nitrogen and oxygen atoms in total. The number of amides is 4. The van der Waals surface area contributed by atoms with Crippen molar-refractivity contribution >= 4 is 75.4 Å². The maximum atomic E-state index is 13.4. The highest BCUT2D eigenvalue weighted by Gasteiger charge is 2.37. The summed E-state index contributed by atoms with van der Waals surface area (Å²) in [4.78, 5) is 39.5. The molecule has 1 N–H and O–H groups in total. The van der Waals surface area contributed by atoms with E-state index in [1.807, 2.05) is 6.92 Å². The Hall–Kier alpha value is -3.48. The Balaban J connectivity index is 1.45. The third-order valence-corrected chi connectivity index (χ3v) is 7.13. The van der Waals surface area contributed by atoms with Gasteiger partial charge in [-0.25, -0.2) is 9.69 Å². The zero-order valence-electron chi connectivity index (χ0n) is 20.3. The van der Waals surface area contributed by atoms with Crippen LogP contribution in [-0.2, 0) is 16.2 Å². The molecule has 12 heteroatoms. The van der Waals surface area contributed by atoms with E-state index in [1.54, 1.807) is 36.4 Å². The highest BCUT2D eigenvalue weighted by molar-refractivity contribution is 14.1. The second-order valence-corrected chi connectivity index (χ2v) is 10.3. The van der Waals surface area contributed by atoms with Gasteiger partial charge < -0.3 is 18.9 Å². The Morgan fingerprint density at radius 2 is 1.82 bits per heavy atom. The molecule has 0 unspecified atom stereocenters. The number of nitrogens with zero attached hydrogens (tertiary/aromatic N) is 1. The zero-order valence-corrected chi connectivity index (χ0v) is 23.9. The molecule has 3 aromatic carbocycles. The van der Waals surface area contributed by atoms with Gasteiger partial charge in [0, 0.05) is 21.7 Å². The van der Waals surface area contributed by atoms with Gasteiger partial charge in [-0.3, -0.25) is 14.9 Å². The fraction of sp³-hybridized carbons (Fsp3) is 0.148. The number of barbiturate groups is 1. The lowest BCUT2D eigenvalue weighted by Crippen LogP contribution is -2.54. The zero-order chi connectivity index (χ0) is 27.7. The summed E-state index contributed by atoms with van der Waals surface area (Å²) >= 11 is 14.3. The van der Waals surface area contributed by atoms with Crippen LogP contribution >= 0.6 is 45.8 Å². The molecule has 0 saturated carbocycles. The van der Waals surface area contributed by atoms with Gasteiger partial charge in [-0.05, 0) is 77.6 Å². The second-order valence-electron chi connectivity index (χ2n) is 8.28. The summed E-state index contributed by atoms with van der Waals surface area (Å²) in [6.07, 6.45) is 1.40. The molecule has 0 radical (unpaired) electrons. The van der Waals surface area contributed by atoms with Crippen molar-refractivity contribution in [2.75, 3.05) is 18.3 Å². The van der Waals surface area contributed by atoms with Gasteiger partial charge in [-0.2, -0.15) is 0 Å². The summed E-state index contributed by atoms with van der Waals surface area (Å²) in [6.45, 7) is 2.38. The van der Waals surface area contributed by atoms with Crippen LogP contribution in [-0.4, -0.2) is 31.2 Å². The number of imide groups is 2. The van der Waals surface area contributed by atoms with Crippen molar-refractivity contribution < 1.29 is 33.3 Å². The Morgan fingerprint density at radius 3 is 2.59 bits per heavy atom. The number of hydrogen-bond acceptors (Lipinski definition) is 7. The smallest absolute Gasteiger partial charge is 0.335 e. The van der Waals surface area contributed by atoms with E-state index in [9.17, 15) is 14.4 Å². The summed E-state index contributed by atoms with van der Waals surface area (Å²) in [5, 5.41) is 3.21. The van der Waals surface area contributed by atoms with Gasteiger partial charge in [-0.15, -0.1) is 0 Å². The normalized spacial score (nSPS) is 15.5. The van der Waals surface area contributed by atoms with Crippen LogP contribution in [0.25, 0.3) is 6.08 Å². The number of rotatable bonds is 7. The minimum atomic E-state index is -0.866. The van der Waals surface area contributed by atoms with Crippen molar-refractivity contribution in [3.05, 3.63) is 78.8 Å². The van der Waals surface area contributed by atoms with Crippen LogP contribution in [0.3, 0.4) is 0 Å². The van der Waals surface area contributed by atoms with Crippen LogP contribution in [0.1, 0.15) is 18.1 Å². The third-order valence-electron chi connectivity index (χ3n) is 5.75. The van der Waals surface area contributed by atoms with Crippen LogP contribution in [0, 0.1) is 3.57 Å². The molecule has 39 heavy (non-hydrogen) atoms. The van der Waals surface area contributed by atoms with Crippen LogP contribution in [0.15, 0.2) is 54.1 Å². The molecule has 4 amide bonds. The quantitative estimate of drug-likeness (QED) is 0.186. The molecule has 2 heterocycles. The van der Waals surface area contributed by atoms with Gasteiger partial charge >= 0.3 is 6.03 Å². The number of urea groups is 1. The van der Waals surface area contributed by atoms with E-state index >= 15 is 0 Å². The van der Waals surface area contributed by atoms with E-state index in [4.69, 9.17) is 42.1 Å². The number of nitrogens with one attached hydrogen (secondary N) is 1. The average molecular weight is 681 g/mol. The first-order chi connectivity index (χ1) is 18.7. The number of benzene rings is 3. The molecular weight excluding hydrogens is 662 g/mol. The highest BCUT2D eigenvalue weighted by atomic mass is 127. The van der Waals surface area contributed by atoms with Gasteiger partial charge in [0.25, 0.3) is 11.8 Å². The van der Waals surface area contributed by atoms with E-state index in [2.05, 4.69) is 27.9 Å². The van der Waals surface area contributed by atoms with E-state index in [-0.39, 0.29) is 24.7 Å². The van der Waals surface area contributed by atoms with Crippen molar-refractivity contribution in [3.63, 3.8) is 0 Å². The summed E-state index contributed by atoms with van der Waals surface area (Å²) in [7, 11) is 0. The minimum absolute atomic E-state index is 0.0375. The molecule has 2 aliphatic heterocycles. The van der Waals surface area contributed by atoms with Gasteiger partial charge in [0.05, 0.1) is 15.9 Å². The summed E-state index contributed by atoms with van der Waals surface area (Å²) in [6, 6.07) is 12.3. The van der Waals surface area contributed by atoms with E-state index in [0.717, 1.165) is 10.5 Å². The summed E-state index contributed by atoms with van der Waals surface area (Å²) in [5.41, 5.74) is 1.24. The van der Waals surface area contributed by atoms with E-state index < -0.39 is 17.8 Å². The Labute approximate surface area is 246 Å². The molecule has 2 aliphatic rings. The minimum Gasteiger partial charge on any atom is -0.490 e. The molecule has 1 saturated heterocycles. The number of carbonyl (C=O) groups is 3. The Bertz CT molecular complexity index is 1540. The predicted molar refractivity (Wildman–Crippen MR) is 153 cm³/mol. The van der Waals surface area contributed by atoms with Crippen molar-refractivity contribution in [1.82, 2.24) is 5.32 Å². The van der Waals surface area contributed by atoms with Crippen LogP contribution in [0.5, 0.6) is 23.0 Å². The van der Waals surface area contributed by atoms with Crippen molar-refractivity contribution in [3.8, 4) is 23.0 Å². The molecule has 0 aromatic heterocycles. The number of fused-ring (bicyclic) bond motifs is 1. The molecule has 0 aliphatic carbocycles. The molecule has 5 rings (SSSR count). The largest absolute Gasteiger partial charge is 0.490 e.